The molecule has 0 aromatic carbocycles. The van der Waals surface area contributed by atoms with Crippen LogP contribution >= 0.6 is 0 Å². The molecule has 1 N–H and O–H groups in total. The van der Waals surface area contributed by atoms with Crippen molar-refractivity contribution in [1.82, 2.24) is 14.9 Å². The molecule has 0 saturated carbocycles. The van der Waals surface area contributed by atoms with Crippen molar-refractivity contribution in [3.05, 3.63) is 54.6 Å². The van der Waals surface area contributed by atoms with Crippen LogP contribution in [0.4, 0.5) is 5.69 Å². The number of amides is 1. The predicted octanol–water partition coefficient (Wildman–Crippen LogP) is 2.09. The van der Waals surface area contributed by atoms with Crippen molar-refractivity contribution >= 4 is 11.6 Å². The lowest BCUT2D eigenvalue weighted by Crippen LogP contribution is -2.41. The lowest BCUT2D eigenvalue weighted by Gasteiger charge is -2.33. The third-order valence-electron chi connectivity index (χ3n) is 4.99. The fraction of sp³-hybridized carbons (Fsp3) is 0.421. The van der Waals surface area contributed by atoms with Crippen molar-refractivity contribution in [1.29, 1.82) is 0 Å². The summed E-state index contributed by atoms with van der Waals surface area (Å²) in [4.78, 5) is 23.0. The van der Waals surface area contributed by atoms with E-state index in [9.17, 15) is 4.79 Å². The van der Waals surface area contributed by atoms with Gasteiger partial charge in [0.25, 0.3) is 5.91 Å². The Morgan fingerprint density at radius 3 is 2.84 bits per heavy atom. The number of carbonyl (C=O) groups is 1. The van der Waals surface area contributed by atoms with Gasteiger partial charge in [0.1, 0.15) is 6.10 Å². The Labute approximate surface area is 147 Å². The van der Waals surface area contributed by atoms with Crippen LogP contribution in [0.5, 0.6) is 0 Å². The molecular weight excluding hydrogens is 316 g/mol. The normalized spacial score (nSPS) is 26.2. The highest BCUT2D eigenvalue weighted by Crippen LogP contribution is 2.34. The molecule has 0 spiro atoms. The third kappa shape index (κ3) is 3.86. The summed E-state index contributed by atoms with van der Waals surface area (Å²) < 4.78 is 6.08. The number of nitrogens with one attached hydrogen (secondary N) is 1. The number of pyridine rings is 2. The number of rotatable bonds is 4. The maximum absolute atomic E-state index is 12.4. The van der Waals surface area contributed by atoms with Crippen molar-refractivity contribution in [2.75, 3.05) is 18.4 Å². The minimum atomic E-state index is -0.367. The van der Waals surface area contributed by atoms with Crippen molar-refractivity contribution < 1.29 is 9.53 Å². The second kappa shape index (κ2) is 7.29. The van der Waals surface area contributed by atoms with Gasteiger partial charge in [-0.3, -0.25) is 19.7 Å². The van der Waals surface area contributed by atoms with Crippen molar-refractivity contribution in [3.8, 4) is 0 Å². The van der Waals surface area contributed by atoms with Gasteiger partial charge < -0.3 is 10.1 Å². The van der Waals surface area contributed by atoms with Gasteiger partial charge in [-0.05, 0) is 49.1 Å². The molecule has 2 fully saturated rings. The van der Waals surface area contributed by atoms with Crippen LogP contribution in [-0.2, 0) is 16.1 Å². The molecule has 6 nitrogen and oxygen atoms in total. The zero-order valence-electron chi connectivity index (χ0n) is 14.0. The molecule has 2 aliphatic rings. The summed E-state index contributed by atoms with van der Waals surface area (Å²) >= 11 is 0. The molecule has 25 heavy (non-hydrogen) atoms. The molecule has 2 saturated heterocycles. The Balaban J connectivity index is 1.33. The number of ether oxygens (including phenoxy) is 1. The summed E-state index contributed by atoms with van der Waals surface area (Å²) in [6.07, 6.45) is 8.68. The third-order valence-corrected chi connectivity index (χ3v) is 4.99. The zero-order chi connectivity index (χ0) is 17.1. The quantitative estimate of drug-likeness (QED) is 0.925. The lowest BCUT2D eigenvalue weighted by atomic mass is 9.91. The van der Waals surface area contributed by atoms with Gasteiger partial charge in [-0.15, -0.1) is 0 Å². The SMILES string of the molecule is O=C(Nc1cccnc1)[C@H]1C[C@@H]2CCN(Cc3cccnc3)C[C@@H]2O1. The first-order chi connectivity index (χ1) is 12.3. The molecule has 2 aliphatic heterocycles. The van der Waals surface area contributed by atoms with Gasteiger partial charge in [0.15, 0.2) is 0 Å². The van der Waals surface area contributed by atoms with Crippen LogP contribution in [-0.4, -0.2) is 46.1 Å². The molecule has 2 aromatic heterocycles. The fourth-order valence-corrected chi connectivity index (χ4v) is 3.72. The monoisotopic (exact) mass is 338 g/mol. The van der Waals surface area contributed by atoms with E-state index in [1.165, 1.54) is 5.56 Å². The Morgan fingerprint density at radius 2 is 2.08 bits per heavy atom. The Kier molecular flexibility index (Phi) is 4.72. The van der Waals surface area contributed by atoms with Gasteiger partial charge in [-0.25, -0.2) is 0 Å². The minimum absolute atomic E-state index is 0.0683. The number of aromatic nitrogens is 2. The van der Waals surface area contributed by atoms with Crippen LogP contribution in [0.25, 0.3) is 0 Å². The molecule has 130 valence electrons. The summed E-state index contributed by atoms with van der Waals surface area (Å²) in [5, 5.41) is 2.90. The second-order valence-electron chi connectivity index (χ2n) is 6.77. The molecule has 0 bridgehead atoms. The van der Waals surface area contributed by atoms with E-state index in [0.29, 0.717) is 11.6 Å². The Hall–Kier alpha value is -2.31. The summed E-state index contributed by atoms with van der Waals surface area (Å²) in [5.74, 6) is 0.399. The molecule has 4 heterocycles. The first-order valence-electron chi connectivity index (χ1n) is 8.75. The van der Waals surface area contributed by atoms with Crippen LogP contribution in [0.15, 0.2) is 49.1 Å². The van der Waals surface area contributed by atoms with Crippen LogP contribution in [0.1, 0.15) is 18.4 Å². The van der Waals surface area contributed by atoms with Gasteiger partial charge in [0.2, 0.25) is 0 Å². The maximum Gasteiger partial charge on any atom is 0.253 e. The van der Waals surface area contributed by atoms with E-state index in [2.05, 4.69) is 26.3 Å². The average Bonchev–Trinajstić information content (AvgIpc) is 3.07. The first-order valence-corrected chi connectivity index (χ1v) is 8.75. The van der Waals surface area contributed by atoms with Crippen molar-refractivity contribution in [2.24, 2.45) is 5.92 Å². The number of anilines is 1. The molecule has 1 amide bonds. The average molecular weight is 338 g/mol. The number of fused-ring (bicyclic) bond motifs is 1. The van der Waals surface area contributed by atoms with E-state index < -0.39 is 0 Å². The molecule has 0 radical (unpaired) electrons. The van der Waals surface area contributed by atoms with Crippen LogP contribution < -0.4 is 5.32 Å². The summed E-state index contributed by atoms with van der Waals surface area (Å²) in [5.41, 5.74) is 1.92. The summed E-state index contributed by atoms with van der Waals surface area (Å²) in [6, 6.07) is 7.70. The van der Waals surface area contributed by atoms with Gasteiger partial charge in [-0.2, -0.15) is 0 Å². The highest BCUT2D eigenvalue weighted by molar-refractivity contribution is 5.94. The topological polar surface area (TPSA) is 67.4 Å². The molecule has 6 heteroatoms. The first kappa shape index (κ1) is 16.2. The van der Waals surface area contributed by atoms with Gasteiger partial charge >= 0.3 is 0 Å². The van der Waals surface area contributed by atoms with Crippen LogP contribution in [0, 0.1) is 5.92 Å². The standard InChI is InChI=1S/C19H22N4O2/c24-19(22-16-4-2-7-21-11-16)17-9-15-5-8-23(13-18(15)25-17)12-14-3-1-6-20-10-14/h1-4,6-7,10-11,15,17-18H,5,8-9,12-13H2,(H,22,24)/t15-,17+,18-/m0/s1. The van der Waals surface area contributed by atoms with Gasteiger partial charge in [-0.1, -0.05) is 6.07 Å². The Bertz CT molecular complexity index is 710. The molecule has 0 aliphatic carbocycles. The molecule has 2 aromatic rings. The largest absolute Gasteiger partial charge is 0.364 e. The van der Waals surface area contributed by atoms with Crippen molar-refractivity contribution in [3.63, 3.8) is 0 Å². The second-order valence-corrected chi connectivity index (χ2v) is 6.77. The highest BCUT2D eigenvalue weighted by Gasteiger charge is 2.41. The molecular formula is C19H22N4O2. The predicted molar refractivity (Wildman–Crippen MR) is 93.8 cm³/mol. The number of hydrogen-bond acceptors (Lipinski definition) is 5. The van der Waals surface area contributed by atoms with E-state index in [1.807, 2.05) is 18.3 Å². The van der Waals surface area contributed by atoms with Crippen LogP contribution in [0.2, 0.25) is 0 Å². The van der Waals surface area contributed by atoms with Gasteiger partial charge in [0, 0.05) is 31.7 Å². The molecule has 3 atom stereocenters. The van der Waals surface area contributed by atoms with E-state index in [-0.39, 0.29) is 18.1 Å². The Morgan fingerprint density at radius 1 is 1.24 bits per heavy atom. The summed E-state index contributed by atoms with van der Waals surface area (Å²) in [7, 11) is 0. The maximum atomic E-state index is 12.4. The number of likely N-dealkylation sites (tertiary alicyclic amines) is 1. The number of carbonyl (C=O) groups excluding carboxylic acids is 1. The lowest BCUT2D eigenvalue weighted by molar-refractivity contribution is -0.127. The van der Waals surface area contributed by atoms with Gasteiger partial charge in [0.05, 0.1) is 18.0 Å². The highest BCUT2D eigenvalue weighted by atomic mass is 16.5. The van der Waals surface area contributed by atoms with Crippen LogP contribution in [0.3, 0.4) is 0 Å². The van der Waals surface area contributed by atoms with E-state index >= 15 is 0 Å². The number of hydrogen-bond donors (Lipinski definition) is 1. The molecule has 4 rings (SSSR count). The number of piperidine rings is 1. The number of nitrogens with zero attached hydrogens (tertiary/aromatic N) is 3. The zero-order valence-corrected chi connectivity index (χ0v) is 14.0. The fourth-order valence-electron chi connectivity index (χ4n) is 3.72. The van der Waals surface area contributed by atoms with Crippen molar-refractivity contribution in [2.45, 2.75) is 31.6 Å². The smallest absolute Gasteiger partial charge is 0.253 e. The minimum Gasteiger partial charge on any atom is -0.364 e. The summed E-state index contributed by atoms with van der Waals surface area (Å²) in [6.45, 7) is 2.79. The van der Waals surface area contributed by atoms with E-state index in [1.54, 1.807) is 24.7 Å². The molecule has 0 unspecified atom stereocenters. The van der Waals surface area contributed by atoms with E-state index in [0.717, 1.165) is 32.5 Å². The van der Waals surface area contributed by atoms with E-state index in [4.69, 9.17) is 4.74 Å².